The second-order valence-corrected chi connectivity index (χ2v) is 6.37. The average Bonchev–Trinajstić information content (AvgIpc) is 2.94. The average molecular weight is 330 g/mol. The Bertz CT molecular complexity index is 606. The van der Waals surface area contributed by atoms with E-state index in [9.17, 15) is 0 Å². The third-order valence-electron chi connectivity index (χ3n) is 4.26. The van der Waals surface area contributed by atoms with E-state index in [-0.39, 0.29) is 0 Å². The summed E-state index contributed by atoms with van der Waals surface area (Å²) in [7, 11) is 2.05. The van der Waals surface area contributed by atoms with Crippen molar-refractivity contribution >= 4 is 15.9 Å². The Hall–Kier alpha value is -1.12. The van der Waals surface area contributed by atoms with E-state index in [1.54, 1.807) is 11.1 Å². The Morgan fingerprint density at radius 3 is 2.70 bits per heavy atom. The first-order valence-electron chi connectivity index (χ1n) is 7.30. The van der Waals surface area contributed by atoms with E-state index in [2.05, 4.69) is 70.8 Å². The number of halogens is 1. The zero-order chi connectivity index (χ0) is 13.9. The first kappa shape index (κ1) is 13.8. The lowest BCUT2D eigenvalue weighted by Crippen LogP contribution is -2.19. The largest absolute Gasteiger partial charge is 0.313 e. The highest BCUT2D eigenvalue weighted by atomic mass is 79.9. The Kier molecular flexibility index (Phi) is 4.23. The van der Waals surface area contributed by atoms with Crippen LogP contribution in [0.25, 0.3) is 0 Å². The summed E-state index contributed by atoms with van der Waals surface area (Å²) in [5.41, 5.74) is 5.86. The van der Waals surface area contributed by atoms with Crippen molar-refractivity contribution < 1.29 is 0 Å². The predicted molar refractivity (Wildman–Crippen MR) is 88.1 cm³/mol. The third-order valence-corrected chi connectivity index (χ3v) is 5.03. The molecule has 2 aromatic rings. The lowest BCUT2D eigenvalue weighted by Gasteiger charge is -2.18. The van der Waals surface area contributed by atoms with E-state index in [1.807, 2.05) is 0 Å². The molecule has 0 aromatic heterocycles. The molecule has 1 N–H and O–H groups in total. The van der Waals surface area contributed by atoms with Crippen molar-refractivity contribution in [2.75, 3.05) is 7.05 Å². The number of fused-ring (bicyclic) bond motifs is 1. The van der Waals surface area contributed by atoms with Crippen molar-refractivity contribution in [2.45, 2.75) is 31.7 Å². The van der Waals surface area contributed by atoms with Crippen molar-refractivity contribution in [1.29, 1.82) is 0 Å². The van der Waals surface area contributed by atoms with E-state index in [0.717, 1.165) is 6.42 Å². The molecule has 0 spiro atoms. The van der Waals surface area contributed by atoms with Crippen LogP contribution < -0.4 is 5.32 Å². The molecule has 0 aliphatic heterocycles. The van der Waals surface area contributed by atoms with Gasteiger partial charge in [0, 0.05) is 10.5 Å². The van der Waals surface area contributed by atoms with Gasteiger partial charge in [0.15, 0.2) is 0 Å². The van der Waals surface area contributed by atoms with Crippen molar-refractivity contribution in [3.8, 4) is 0 Å². The molecule has 1 atom stereocenters. The van der Waals surface area contributed by atoms with E-state index in [0.29, 0.717) is 6.04 Å². The Morgan fingerprint density at radius 2 is 1.90 bits per heavy atom. The molecular weight excluding hydrogens is 310 g/mol. The maximum Gasteiger partial charge on any atom is 0.0358 e. The molecule has 1 aliphatic rings. The van der Waals surface area contributed by atoms with E-state index < -0.39 is 0 Å². The van der Waals surface area contributed by atoms with E-state index in [4.69, 9.17) is 0 Å². The summed E-state index contributed by atoms with van der Waals surface area (Å²) < 4.78 is 1.20. The first-order chi connectivity index (χ1) is 9.78. The van der Waals surface area contributed by atoms with Crippen LogP contribution >= 0.6 is 15.9 Å². The molecule has 0 amide bonds. The van der Waals surface area contributed by atoms with Gasteiger partial charge in [-0.25, -0.2) is 0 Å². The van der Waals surface area contributed by atoms with Gasteiger partial charge in [-0.05, 0) is 61.1 Å². The Labute approximate surface area is 129 Å². The second-order valence-electron chi connectivity index (χ2n) is 5.52. The third kappa shape index (κ3) is 2.82. The number of aryl methyl sites for hydroxylation is 2. The molecule has 3 rings (SSSR count). The molecule has 1 aliphatic carbocycles. The van der Waals surface area contributed by atoms with Gasteiger partial charge in [-0.3, -0.25) is 0 Å². The molecule has 104 valence electrons. The lowest BCUT2D eigenvalue weighted by atomic mass is 9.96. The summed E-state index contributed by atoms with van der Waals surface area (Å²) in [6, 6.07) is 15.9. The molecule has 1 nitrogen and oxygen atoms in total. The van der Waals surface area contributed by atoms with Crippen LogP contribution in [-0.4, -0.2) is 7.05 Å². The number of hydrogen-bond acceptors (Lipinski definition) is 1. The van der Waals surface area contributed by atoms with Crippen molar-refractivity contribution in [3.05, 3.63) is 69.2 Å². The lowest BCUT2D eigenvalue weighted by molar-refractivity contribution is 0.590. The van der Waals surface area contributed by atoms with Crippen molar-refractivity contribution in [1.82, 2.24) is 5.32 Å². The zero-order valence-corrected chi connectivity index (χ0v) is 13.4. The summed E-state index contributed by atoms with van der Waals surface area (Å²) in [4.78, 5) is 0. The maximum atomic E-state index is 3.65. The monoisotopic (exact) mass is 329 g/mol. The number of likely N-dealkylation sites (N-methyl/N-ethyl adjacent to an activating group) is 1. The summed E-state index contributed by atoms with van der Waals surface area (Å²) in [6.45, 7) is 0. The highest BCUT2D eigenvalue weighted by Crippen LogP contribution is 2.28. The molecule has 1 unspecified atom stereocenters. The maximum absolute atomic E-state index is 3.65. The van der Waals surface area contributed by atoms with Gasteiger partial charge < -0.3 is 5.32 Å². The summed E-state index contributed by atoms with van der Waals surface area (Å²) >= 11 is 3.65. The standard InChI is InChI=1S/C18H20BrN/c1-20-18(12-15-5-2-3-8-17(15)19)16-10-9-13-6-4-7-14(13)11-16/h2-3,5,8-11,18,20H,4,6-7,12H2,1H3. The normalized spacial score (nSPS) is 15.1. The molecule has 0 saturated carbocycles. The van der Waals surface area contributed by atoms with Crippen molar-refractivity contribution in [3.63, 3.8) is 0 Å². The number of nitrogens with one attached hydrogen (secondary N) is 1. The number of rotatable bonds is 4. The van der Waals surface area contributed by atoms with Gasteiger partial charge >= 0.3 is 0 Å². The zero-order valence-electron chi connectivity index (χ0n) is 11.8. The smallest absolute Gasteiger partial charge is 0.0358 e. The molecule has 2 aromatic carbocycles. The van der Waals surface area contributed by atoms with Gasteiger partial charge in [0.05, 0.1) is 0 Å². The van der Waals surface area contributed by atoms with Crippen LogP contribution in [-0.2, 0) is 19.3 Å². The SMILES string of the molecule is CNC(Cc1ccccc1Br)c1ccc2c(c1)CCC2. The van der Waals surface area contributed by atoms with E-state index >= 15 is 0 Å². The predicted octanol–water partition coefficient (Wildman–Crippen LogP) is 4.44. The fraction of sp³-hybridized carbons (Fsp3) is 0.333. The van der Waals surface area contributed by atoms with Crippen LogP contribution in [0.2, 0.25) is 0 Å². The molecule has 0 fully saturated rings. The highest BCUT2D eigenvalue weighted by molar-refractivity contribution is 9.10. The van der Waals surface area contributed by atoms with Crippen LogP contribution in [0, 0.1) is 0 Å². The minimum atomic E-state index is 0.375. The van der Waals surface area contributed by atoms with Crippen molar-refractivity contribution in [2.24, 2.45) is 0 Å². The van der Waals surface area contributed by atoms with Crippen LogP contribution in [0.1, 0.15) is 34.7 Å². The van der Waals surface area contributed by atoms with Gasteiger partial charge in [-0.1, -0.05) is 52.3 Å². The minimum absolute atomic E-state index is 0.375. The fourth-order valence-electron chi connectivity index (χ4n) is 3.08. The van der Waals surface area contributed by atoms with Gasteiger partial charge in [0.25, 0.3) is 0 Å². The molecular formula is C18H20BrN. The molecule has 0 heterocycles. The van der Waals surface area contributed by atoms with Crippen LogP contribution in [0.4, 0.5) is 0 Å². The molecule has 2 heteroatoms. The fourth-order valence-corrected chi connectivity index (χ4v) is 3.53. The van der Waals surface area contributed by atoms with E-state index in [1.165, 1.54) is 34.9 Å². The Balaban J connectivity index is 1.85. The molecule has 0 radical (unpaired) electrons. The second kappa shape index (κ2) is 6.11. The van der Waals surface area contributed by atoms with Gasteiger partial charge in [0.2, 0.25) is 0 Å². The van der Waals surface area contributed by atoms with Crippen LogP contribution in [0.5, 0.6) is 0 Å². The molecule has 0 saturated heterocycles. The Morgan fingerprint density at radius 1 is 1.10 bits per heavy atom. The van der Waals surface area contributed by atoms with Gasteiger partial charge in [-0.2, -0.15) is 0 Å². The van der Waals surface area contributed by atoms with Crippen LogP contribution in [0.3, 0.4) is 0 Å². The topological polar surface area (TPSA) is 12.0 Å². The van der Waals surface area contributed by atoms with Gasteiger partial charge in [-0.15, -0.1) is 0 Å². The first-order valence-corrected chi connectivity index (χ1v) is 8.09. The summed E-state index contributed by atoms with van der Waals surface area (Å²) in [5.74, 6) is 0. The number of benzene rings is 2. The molecule has 20 heavy (non-hydrogen) atoms. The van der Waals surface area contributed by atoms with Crippen LogP contribution in [0.15, 0.2) is 46.9 Å². The highest BCUT2D eigenvalue weighted by Gasteiger charge is 2.16. The summed E-state index contributed by atoms with van der Waals surface area (Å²) in [6.07, 6.45) is 4.82. The molecule has 0 bridgehead atoms. The number of hydrogen-bond donors (Lipinski definition) is 1. The quantitative estimate of drug-likeness (QED) is 0.874. The van der Waals surface area contributed by atoms with Gasteiger partial charge in [0.1, 0.15) is 0 Å². The summed E-state index contributed by atoms with van der Waals surface area (Å²) in [5, 5.41) is 3.46. The minimum Gasteiger partial charge on any atom is -0.313 e.